The van der Waals surface area contributed by atoms with E-state index in [1.165, 1.54) is 25.7 Å². The molecule has 1 aliphatic carbocycles. The Kier molecular flexibility index (Phi) is 3.19. The number of hydrogen-bond acceptors (Lipinski definition) is 4. The van der Waals surface area contributed by atoms with Crippen molar-refractivity contribution < 1.29 is 4.42 Å². The zero-order valence-corrected chi connectivity index (χ0v) is 10.4. The van der Waals surface area contributed by atoms with E-state index in [0.29, 0.717) is 18.5 Å². The minimum absolute atomic E-state index is 0.278. The van der Waals surface area contributed by atoms with E-state index in [-0.39, 0.29) is 6.04 Å². The number of nitrogens with one attached hydrogen (secondary N) is 1. The molecule has 1 unspecified atom stereocenters. The fraction of sp³-hybridized carbons (Fsp3) is 0.500. The third-order valence-corrected chi connectivity index (χ3v) is 3.83. The van der Waals surface area contributed by atoms with Gasteiger partial charge in [-0.2, -0.15) is 4.98 Å². The van der Waals surface area contributed by atoms with Crippen LogP contribution < -0.4 is 11.1 Å². The maximum atomic E-state index is 5.86. The van der Waals surface area contributed by atoms with E-state index < -0.39 is 0 Å². The molecule has 3 N–H and O–H groups in total. The summed E-state index contributed by atoms with van der Waals surface area (Å²) >= 11 is 0. The molecule has 0 spiro atoms. The van der Waals surface area contributed by atoms with Crippen LogP contribution in [0.15, 0.2) is 28.7 Å². The van der Waals surface area contributed by atoms with Crippen LogP contribution in [-0.4, -0.2) is 17.6 Å². The first kappa shape index (κ1) is 11.5. The van der Waals surface area contributed by atoms with Crippen LogP contribution in [-0.2, 0) is 0 Å². The molecule has 1 aromatic heterocycles. The van der Waals surface area contributed by atoms with Crippen molar-refractivity contribution in [2.45, 2.75) is 31.7 Å². The highest BCUT2D eigenvalue weighted by Gasteiger charge is 2.25. The van der Waals surface area contributed by atoms with Gasteiger partial charge in [-0.25, -0.2) is 0 Å². The van der Waals surface area contributed by atoms with E-state index in [2.05, 4.69) is 10.3 Å². The topological polar surface area (TPSA) is 64.1 Å². The molecule has 1 aliphatic rings. The monoisotopic (exact) mass is 245 g/mol. The minimum atomic E-state index is 0.278. The molecule has 1 fully saturated rings. The zero-order chi connectivity index (χ0) is 12.4. The quantitative estimate of drug-likeness (QED) is 0.869. The van der Waals surface area contributed by atoms with Gasteiger partial charge in [-0.15, -0.1) is 0 Å². The van der Waals surface area contributed by atoms with E-state index in [0.717, 1.165) is 11.1 Å². The second kappa shape index (κ2) is 4.98. The van der Waals surface area contributed by atoms with Crippen LogP contribution in [0.1, 0.15) is 25.7 Å². The predicted molar refractivity (Wildman–Crippen MR) is 72.4 cm³/mol. The molecule has 96 valence electrons. The van der Waals surface area contributed by atoms with Crippen LogP contribution >= 0.6 is 0 Å². The molecule has 1 aromatic carbocycles. The molecule has 18 heavy (non-hydrogen) atoms. The average molecular weight is 245 g/mol. The van der Waals surface area contributed by atoms with Crippen molar-refractivity contribution in [3.63, 3.8) is 0 Å². The average Bonchev–Trinajstić information content (AvgIpc) is 3.04. The second-order valence-corrected chi connectivity index (χ2v) is 5.02. The molecule has 0 amide bonds. The number of nitrogens with zero attached hydrogens (tertiary/aromatic N) is 1. The van der Waals surface area contributed by atoms with Gasteiger partial charge in [0.15, 0.2) is 5.58 Å². The lowest BCUT2D eigenvalue weighted by atomic mass is 9.98. The summed E-state index contributed by atoms with van der Waals surface area (Å²) in [4.78, 5) is 4.44. The summed E-state index contributed by atoms with van der Waals surface area (Å²) in [5, 5.41) is 3.36. The van der Waals surface area contributed by atoms with Crippen molar-refractivity contribution in [3.05, 3.63) is 24.3 Å². The number of anilines is 1. The van der Waals surface area contributed by atoms with Gasteiger partial charge in [0.05, 0.1) is 0 Å². The minimum Gasteiger partial charge on any atom is -0.424 e. The first-order valence-electron chi connectivity index (χ1n) is 6.69. The Morgan fingerprint density at radius 2 is 2.11 bits per heavy atom. The van der Waals surface area contributed by atoms with Crippen LogP contribution in [0.5, 0.6) is 0 Å². The lowest BCUT2D eigenvalue weighted by molar-refractivity contribution is 0.449. The number of oxazole rings is 1. The van der Waals surface area contributed by atoms with Gasteiger partial charge in [0.2, 0.25) is 0 Å². The molecule has 1 saturated carbocycles. The molecule has 1 atom stereocenters. The van der Waals surface area contributed by atoms with Gasteiger partial charge in [-0.05, 0) is 30.9 Å². The van der Waals surface area contributed by atoms with Gasteiger partial charge in [-0.3, -0.25) is 0 Å². The van der Waals surface area contributed by atoms with Gasteiger partial charge in [0.1, 0.15) is 5.52 Å². The fourth-order valence-corrected chi connectivity index (χ4v) is 2.82. The number of benzene rings is 1. The number of aromatic nitrogens is 1. The third-order valence-electron chi connectivity index (χ3n) is 3.83. The first-order chi connectivity index (χ1) is 8.86. The van der Waals surface area contributed by atoms with Gasteiger partial charge < -0.3 is 15.5 Å². The van der Waals surface area contributed by atoms with Gasteiger partial charge in [0.25, 0.3) is 6.01 Å². The molecule has 0 saturated heterocycles. The molecular formula is C14H19N3O. The van der Waals surface area contributed by atoms with E-state index in [1.807, 2.05) is 24.3 Å². The lowest BCUT2D eigenvalue weighted by Gasteiger charge is -2.21. The maximum absolute atomic E-state index is 5.86. The molecule has 3 rings (SSSR count). The largest absolute Gasteiger partial charge is 0.424 e. The molecule has 4 nitrogen and oxygen atoms in total. The molecule has 4 heteroatoms. The maximum Gasteiger partial charge on any atom is 0.295 e. The van der Waals surface area contributed by atoms with Crippen molar-refractivity contribution >= 4 is 17.1 Å². The Morgan fingerprint density at radius 3 is 2.83 bits per heavy atom. The molecule has 0 radical (unpaired) electrons. The van der Waals surface area contributed by atoms with Crippen molar-refractivity contribution in [3.8, 4) is 0 Å². The number of para-hydroxylation sites is 2. The number of rotatable bonds is 4. The van der Waals surface area contributed by atoms with Crippen molar-refractivity contribution in [2.75, 3.05) is 11.9 Å². The SMILES string of the molecule is NCC(Nc1nc2ccccc2o1)C1CCCC1. The van der Waals surface area contributed by atoms with Crippen molar-refractivity contribution in [2.24, 2.45) is 11.7 Å². The zero-order valence-electron chi connectivity index (χ0n) is 10.4. The molecule has 0 bridgehead atoms. The summed E-state index contributed by atoms with van der Waals surface area (Å²) in [6.07, 6.45) is 5.15. The predicted octanol–water partition coefficient (Wildman–Crippen LogP) is 2.76. The Balaban J connectivity index is 1.77. The van der Waals surface area contributed by atoms with Gasteiger partial charge >= 0.3 is 0 Å². The molecule has 0 aliphatic heterocycles. The summed E-state index contributed by atoms with van der Waals surface area (Å²) < 4.78 is 5.68. The van der Waals surface area contributed by atoms with E-state index in [9.17, 15) is 0 Å². The normalized spacial score (nSPS) is 18.3. The van der Waals surface area contributed by atoms with Gasteiger partial charge in [-0.1, -0.05) is 25.0 Å². The lowest BCUT2D eigenvalue weighted by Crippen LogP contribution is -2.35. The van der Waals surface area contributed by atoms with Crippen LogP contribution in [0.3, 0.4) is 0 Å². The van der Waals surface area contributed by atoms with E-state index in [4.69, 9.17) is 10.2 Å². The highest BCUT2D eigenvalue weighted by Crippen LogP contribution is 2.29. The number of nitrogens with two attached hydrogens (primary N) is 1. The van der Waals surface area contributed by atoms with Crippen LogP contribution in [0.2, 0.25) is 0 Å². The summed E-state index contributed by atoms with van der Waals surface area (Å²) in [5.41, 5.74) is 7.58. The standard InChI is InChI=1S/C14H19N3O/c15-9-12(10-5-1-2-6-10)17-14-16-11-7-3-4-8-13(11)18-14/h3-4,7-8,10,12H,1-2,5-6,9,15H2,(H,16,17). The third kappa shape index (κ3) is 2.20. The van der Waals surface area contributed by atoms with Crippen LogP contribution in [0.25, 0.3) is 11.1 Å². The van der Waals surface area contributed by atoms with Crippen molar-refractivity contribution in [1.82, 2.24) is 4.98 Å². The summed E-state index contributed by atoms with van der Waals surface area (Å²) in [5.74, 6) is 0.657. The highest BCUT2D eigenvalue weighted by molar-refractivity contribution is 5.74. The highest BCUT2D eigenvalue weighted by atomic mass is 16.4. The summed E-state index contributed by atoms with van der Waals surface area (Å²) in [7, 11) is 0. The Morgan fingerprint density at radius 1 is 1.33 bits per heavy atom. The number of fused-ring (bicyclic) bond motifs is 1. The molecule has 2 aromatic rings. The second-order valence-electron chi connectivity index (χ2n) is 5.02. The van der Waals surface area contributed by atoms with Gasteiger partial charge in [0, 0.05) is 12.6 Å². The molecule has 1 heterocycles. The Bertz CT molecular complexity index is 483. The first-order valence-corrected chi connectivity index (χ1v) is 6.69. The Hall–Kier alpha value is -1.55. The summed E-state index contributed by atoms with van der Waals surface area (Å²) in [6.45, 7) is 0.628. The Labute approximate surface area is 107 Å². The van der Waals surface area contributed by atoms with E-state index >= 15 is 0 Å². The fourth-order valence-electron chi connectivity index (χ4n) is 2.82. The van der Waals surface area contributed by atoms with Crippen molar-refractivity contribution in [1.29, 1.82) is 0 Å². The van der Waals surface area contributed by atoms with E-state index in [1.54, 1.807) is 0 Å². The summed E-state index contributed by atoms with van der Waals surface area (Å²) in [6, 6.07) is 8.68. The van der Waals surface area contributed by atoms with Crippen LogP contribution in [0, 0.1) is 5.92 Å². The van der Waals surface area contributed by atoms with Crippen LogP contribution in [0.4, 0.5) is 6.01 Å². The molecular weight excluding hydrogens is 226 g/mol. The smallest absolute Gasteiger partial charge is 0.295 e. The number of hydrogen-bond donors (Lipinski definition) is 2.